The van der Waals surface area contributed by atoms with E-state index in [1.807, 2.05) is 19.1 Å². The highest BCUT2D eigenvalue weighted by Gasteiger charge is 2.25. The number of hydrogen-bond acceptors (Lipinski definition) is 7. The highest BCUT2D eigenvalue weighted by atomic mass is 32.1. The Morgan fingerprint density at radius 1 is 1.23 bits per heavy atom. The Kier molecular flexibility index (Phi) is 6.69. The number of carbonyl (C=O) groups is 1. The van der Waals surface area contributed by atoms with Crippen LogP contribution in [0.1, 0.15) is 18.5 Å². The number of piperidine rings is 1. The zero-order valence-electron chi connectivity index (χ0n) is 17.0. The second-order valence-electron chi connectivity index (χ2n) is 7.46. The monoisotopic (exact) mass is 458 g/mol. The van der Waals surface area contributed by atoms with Gasteiger partial charge in [0.2, 0.25) is 11.0 Å². The maximum absolute atomic E-state index is 13.9. The fraction of sp³-hybridized carbons (Fsp3) is 0.333. The van der Waals surface area contributed by atoms with Crippen molar-refractivity contribution >= 4 is 46.1 Å². The first-order valence-electron chi connectivity index (χ1n) is 10.0. The van der Waals surface area contributed by atoms with Gasteiger partial charge in [-0.25, -0.2) is 14.1 Å². The van der Waals surface area contributed by atoms with Crippen LogP contribution < -0.4 is 10.6 Å². The van der Waals surface area contributed by atoms with Gasteiger partial charge in [0.05, 0.1) is 12.4 Å². The molecule has 4 rings (SSSR count). The fourth-order valence-electron chi connectivity index (χ4n) is 3.49. The molecule has 1 saturated heterocycles. The summed E-state index contributed by atoms with van der Waals surface area (Å²) in [5, 5.41) is 10.9. The molecule has 0 bridgehead atoms. The zero-order chi connectivity index (χ0) is 21.8. The van der Waals surface area contributed by atoms with Crippen molar-refractivity contribution in [2.75, 3.05) is 23.7 Å². The number of anilines is 3. The molecule has 31 heavy (non-hydrogen) atoms. The van der Waals surface area contributed by atoms with Gasteiger partial charge in [0, 0.05) is 24.7 Å². The summed E-state index contributed by atoms with van der Waals surface area (Å²) < 4.78 is 16.2. The van der Waals surface area contributed by atoms with E-state index in [0.717, 1.165) is 31.6 Å². The minimum atomic E-state index is -0.337. The normalized spacial score (nSPS) is 15.0. The topological polar surface area (TPSA) is 75.1 Å². The second-order valence-corrected chi connectivity index (χ2v) is 9.09. The van der Waals surface area contributed by atoms with Crippen LogP contribution in [0.25, 0.3) is 0 Å². The Hall–Kier alpha value is -2.69. The maximum atomic E-state index is 13.9. The minimum absolute atomic E-state index is 0.0133. The number of para-hydroxylation sites is 1. The minimum Gasteiger partial charge on any atom is -0.328 e. The number of aryl methyl sites for hydroxylation is 1. The quantitative estimate of drug-likeness (QED) is 0.527. The summed E-state index contributed by atoms with van der Waals surface area (Å²) in [5.41, 5.74) is 1.24. The van der Waals surface area contributed by atoms with Crippen LogP contribution in [0.4, 0.5) is 21.0 Å². The Bertz CT molecular complexity index is 1120. The van der Waals surface area contributed by atoms with E-state index in [1.165, 1.54) is 17.4 Å². The number of nitrogens with one attached hydrogen (secondary N) is 2. The molecule has 1 fully saturated rings. The first-order valence-corrected chi connectivity index (χ1v) is 11.3. The van der Waals surface area contributed by atoms with E-state index in [0.29, 0.717) is 27.3 Å². The van der Waals surface area contributed by atoms with Crippen molar-refractivity contribution in [3.05, 3.63) is 57.9 Å². The summed E-state index contributed by atoms with van der Waals surface area (Å²) >= 11 is 6.73. The summed E-state index contributed by atoms with van der Waals surface area (Å²) in [4.78, 5) is 19.1. The number of carbonyl (C=O) groups excluding carboxylic acids is 1. The number of aromatic nitrogens is 3. The molecular formula is C21H23FN6OS2. The van der Waals surface area contributed by atoms with E-state index in [2.05, 4.69) is 25.6 Å². The van der Waals surface area contributed by atoms with Crippen LogP contribution >= 0.6 is 23.6 Å². The molecule has 0 saturated carbocycles. The Morgan fingerprint density at radius 2 is 2.00 bits per heavy atom. The third-order valence-electron chi connectivity index (χ3n) is 5.15. The van der Waals surface area contributed by atoms with Gasteiger partial charge in [-0.3, -0.25) is 9.69 Å². The predicted octanol–water partition coefficient (Wildman–Crippen LogP) is 4.57. The third-order valence-corrected chi connectivity index (χ3v) is 6.38. The molecule has 7 nitrogen and oxygen atoms in total. The van der Waals surface area contributed by atoms with Crippen molar-refractivity contribution in [3.8, 4) is 0 Å². The number of nitrogens with zero attached hydrogens (tertiary/aromatic N) is 4. The molecule has 2 N–H and O–H groups in total. The Balaban J connectivity index is 1.31. The largest absolute Gasteiger partial charge is 0.328 e. The van der Waals surface area contributed by atoms with Crippen molar-refractivity contribution in [1.82, 2.24) is 19.7 Å². The van der Waals surface area contributed by atoms with E-state index in [-0.39, 0.29) is 17.6 Å². The maximum Gasteiger partial charge on any atom is 0.228 e. The number of pyridine rings is 1. The van der Waals surface area contributed by atoms with Crippen LogP contribution in [0, 0.1) is 22.6 Å². The van der Waals surface area contributed by atoms with Gasteiger partial charge in [-0.15, -0.1) is 5.10 Å². The van der Waals surface area contributed by atoms with Gasteiger partial charge in [-0.1, -0.05) is 29.5 Å². The van der Waals surface area contributed by atoms with E-state index in [1.54, 1.807) is 28.9 Å². The molecular weight excluding hydrogens is 435 g/mol. The highest BCUT2D eigenvalue weighted by Crippen LogP contribution is 2.24. The van der Waals surface area contributed by atoms with Crippen LogP contribution in [0.3, 0.4) is 0 Å². The van der Waals surface area contributed by atoms with Gasteiger partial charge in [0.15, 0.2) is 3.95 Å². The molecule has 0 aliphatic carbocycles. The Morgan fingerprint density at radius 3 is 2.74 bits per heavy atom. The van der Waals surface area contributed by atoms with E-state index < -0.39 is 0 Å². The molecule has 2 aromatic heterocycles. The first-order chi connectivity index (χ1) is 15.0. The van der Waals surface area contributed by atoms with Gasteiger partial charge < -0.3 is 10.6 Å². The smallest absolute Gasteiger partial charge is 0.228 e. The van der Waals surface area contributed by atoms with E-state index in [4.69, 9.17) is 12.2 Å². The lowest BCUT2D eigenvalue weighted by atomic mass is 9.96. The molecule has 3 heterocycles. The molecule has 1 amide bonds. The van der Waals surface area contributed by atoms with Crippen molar-refractivity contribution in [2.24, 2.45) is 5.92 Å². The average molecular weight is 459 g/mol. The molecule has 0 radical (unpaired) electrons. The number of benzene rings is 1. The van der Waals surface area contributed by atoms with Gasteiger partial charge in [0.25, 0.3) is 0 Å². The summed E-state index contributed by atoms with van der Waals surface area (Å²) in [6.07, 6.45) is 1.52. The lowest BCUT2D eigenvalue weighted by Gasteiger charge is -2.30. The highest BCUT2D eigenvalue weighted by molar-refractivity contribution is 7.73. The number of hydrogen-bond donors (Lipinski definition) is 2. The molecule has 3 aromatic rings. The molecule has 0 spiro atoms. The lowest BCUT2D eigenvalue weighted by molar-refractivity contribution is -0.121. The number of halogens is 1. The Labute approximate surface area is 188 Å². The van der Waals surface area contributed by atoms with Crippen LogP contribution in [0.2, 0.25) is 0 Å². The van der Waals surface area contributed by atoms with Crippen LogP contribution in [0.5, 0.6) is 0 Å². The summed E-state index contributed by atoms with van der Waals surface area (Å²) in [6, 6.07) is 12.0. The molecule has 0 atom stereocenters. The molecule has 1 aromatic carbocycles. The molecule has 1 aliphatic heterocycles. The van der Waals surface area contributed by atoms with Crippen molar-refractivity contribution in [2.45, 2.75) is 26.4 Å². The van der Waals surface area contributed by atoms with Crippen molar-refractivity contribution in [1.29, 1.82) is 0 Å². The van der Waals surface area contributed by atoms with Crippen LogP contribution in [-0.2, 0) is 11.5 Å². The predicted molar refractivity (Wildman–Crippen MR) is 123 cm³/mol. The molecule has 1 aliphatic rings. The van der Waals surface area contributed by atoms with Crippen LogP contribution in [-0.4, -0.2) is 38.7 Å². The lowest BCUT2D eigenvalue weighted by Crippen LogP contribution is -2.39. The zero-order valence-corrected chi connectivity index (χ0v) is 18.7. The first kappa shape index (κ1) is 21.5. The van der Waals surface area contributed by atoms with Crippen molar-refractivity contribution in [3.63, 3.8) is 0 Å². The number of rotatable bonds is 6. The summed E-state index contributed by atoms with van der Waals surface area (Å²) in [6.45, 7) is 3.99. The van der Waals surface area contributed by atoms with E-state index in [9.17, 15) is 9.18 Å². The SMILES string of the molecule is Cc1cccc(NC(=O)C2CCN(Cn3nc(Nc4ccccc4F)sc3=S)CC2)n1. The summed E-state index contributed by atoms with van der Waals surface area (Å²) in [5.74, 6) is 0.229. The van der Waals surface area contributed by atoms with E-state index >= 15 is 0 Å². The van der Waals surface area contributed by atoms with Gasteiger partial charge in [-0.05, 0) is 56.2 Å². The average Bonchev–Trinajstić information content (AvgIpc) is 3.09. The van der Waals surface area contributed by atoms with Crippen LogP contribution in [0.15, 0.2) is 42.5 Å². The van der Waals surface area contributed by atoms with Gasteiger partial charge in [0.1, 0.15) is 11.6 Å². The second kappa shape index (κ2) is 9.63. The molecule has 0 unspecified atom stereocenters. The van der Waals surface area contributed by atoms with Crippen molar-refractivity contribution < 1.29 is 9.18 Å². The molecule has 162 valence electrons. The van der Waals surface area contributed by atoms with Gasteiger partial charge >= 0.3 is 0 Å². The molecule has 10 heteroatoms. The number of likely N-dealkylation sites (tertiary alicyclic amines) is 1. The fourth-order valence-corrected chi connectivity index (χ4v) is 4.50. The third kappa shape index (κ3) is 5.52. The standard InChI is InChI=1S/C21H23FN6OS2/c1-14-5-4-8-18(23-14)25-19(29)15-9-11-27(12-10-15)13-28-21(30)31-20(26-28)24-17-7-3-2-6-16(17)22/h2-8,15H,9-13H2,1H3,(H,24,26)(H,23,25,29). The number of amides is 1. The summed E-state index contributed by atoms with van der Waals surface area (Å²) in [7, 11) is 0. The van der Waals surface area contributed by atoms with Gasteiger partial charge in [-0.2, -0.15) is 0 Å².